The zero-order chi connectivity index (χ0) is 13.4. The molecule has 2 aliphatic rings. The number of hydrogen-bond acceptors (Lipinski definition) is 3. The molecule has 0 spiro atoms. The molecule has 0 radical (unpaired) electrons. The van der Waals surface area contributed by atoms with Crippen LogP contribution in [0.4, 0.5) is 0 Å². The topological polar surface area (TPSA) is 49.4 Å². The van der Waals surface area contributed by atoms with Crippen molar-refractivity contribution in [1.29, 1.82) is 0 Å². The van der Waals surface area contributed by atoms with Crippen LogP contribution >= 0.6 is 15.9 Å². The molecule has 4 nitrogen and oxygen atoms in total. The molecule has 2 heterocycles. The van der Waals surface area contributed by atoms with E-state index in [1.165, 1.54) is 4.90 Å². The molecule has 1 N–H and O–H groups in total. The van der Waals surface area contributed by atoms with Gasteiger partial charge in [-0.05, 0) is 59.9 Å². The molecule has 0 unspecified atom stereocenters. The highest BCUT2D eigenvalue weighted by Crippen LogP contribution is 2.30. The molecule has 100 valence electrons. The van der Waals surface area contributed by atoms with E-state index in [1.807, 2.05) is 0 Å². The number of carbonyl (C=O) groups is 2. The van der Waals surface area contributed by atoms with Gasteiger partial charge in [-0.3, -0.25) is 14.5 Å². The normalized spacial score (nSPS) is 19.9. The van der Waals surface area contributed by atoms with Gasteiger partial charge in [-0.2, -0.15) is 0 Å². The Morgan fingerprint density at radius 1 is 1.21 bits per heavy atom. The zero-order valence-electron chi connectivity index (χ0n) is 10.5. The van der Waals surface area contributed by atoms with Crippen LogP contribution < -0.4 is 5.32 Å². The van der Waals surface area contributed by atoms with Crippen molar-refractivity contribution in [2.75, 3.05) is 19.6 Å². The Bertz CT molecular complexity index is 538. The molecule has 2 aliphatic heterocycles. The number of amides is 2. The number of carbonyl (C=O) groups excluding carboxylic acids is 2. The standard InChI is InChI=1S/C14H15BrN2O2/c15-11-3-1-2-10-12(11)14(19)17(13(10)18)8-9-4-6-16-7-5-9/h1-3,9,16H,4-8H2. The second-order valence-electron chi connectivity index (χ2n) is 5.08. The minimum absolute atomic E-state index is 0.153. The highest BCUT2D eigenvalue weighted by Gasteiger charge is 2.38. The van der Waals surface area contributed by atoms with Crippen LogP contribution in [-0.4, -0.2) is 36.3 Å². The molecule has 0 atom stereocenters. The smallest absolute Gasteiger partial charge is 0.262 e. The van der Waals surface area contributed by atoms with Crippen molar-refractivity contribution in [2.24, 2.45) is 5.92 Å². The number of benzene rings is 1. The van der Waals surface area contributed by atoms with Gasteiger partial charge in [0.15, 0.2) is 0 Å². The lowest BCUT2D eigenvalue weighted by Gasteiger charge is -2.26. The molecule has 5 heteroatoms. The molecule has 0 saturated carbocycles. The Morgan fingerprint density at radius 2 is 1.95 bits per heavy atom. The van der Waals surface area contributed by atoms with Gasteiger partial charge in [-0.1, -0.05) is 6.07 Å². The minimum atomic E-state index is -0.161. The zero-order valence-corrected chi connectivity index (χ0v) is 12.1. The number of nitrogens with zero attached hydrogens (tertiary/aromatic N) is 1. The van der Waals surface area contributed by atoms with Crippen LogP contribution in [0.3, 0.4) is 0 Å². The average molecular weight is 323 g/mol. The molecule has 1 aromatic carbocycles. The monoisotopic (exact) mass is 322 g/mol. The van der Waals surface area contributed by atoms with Crippen LogP contribution in [0.2, 0.25) is 0 Å². The number of rotatable bonds is 2. The Balaban J connectivity index is 1.84. The maximum atomic E-state index is 12.4. The molecule has 2 amide bonds. The third kappa shape index (κ3) is 2.21. The maximum absolute atomic E-state index is 12.4. The summed E-state index contributed by atoms with van der Waals surface area (Å²) in [6, 6.07) is 5.32. The molecular formula is C14H15BrN2O2. The third-order valence-corrected chi connectivity index (χ3v) is 4.51. The van der Waals surface area contributed by atoms with Gasteiger partial charge in [0, 0.05) is 11.0 Å². The van der Waals surface area contributed by atoms with Crippen LogP contribution in [0.15, 0.2) is 22.7 Å². The number of piperidine rings is 1. The SMILES string of the molecule is O=C1c2cccc(Br)c2C(=O)N1CC1CCNCC1. The first-order valence-corrected chi connectivity index (χ1v) is 7.33. The number of hydrogen-bond donors (Lipinski definition) is 1. The molecule has 0 aromatic heterocycles. The summed E-state index contributed by atoms with van der Waals surface area (Å²) in [5, 5.41) is 3.29. The van der Waals surface area contributed by atoms with E-state index in [0.717, 1.165) is 25.9 Å². The summed E-state index contributed by atoms with van der Waals surface area (Å²) >= 11 is 3.36. The van der Waals surface area contributed by atoms with E-state index in [0.29, 0.717) is 28.1 Å². The van der Waals surface area contributed by atoms with Crippen LogP contribution in [0.5, 0.6) is 0 Å². The Hall–Kier alpha value is -1.20. The maximum Gasteiger partial charge on any atom is 0.262 e. The van der Waals surface area contributed by atoms with E-state index in [2.05, 4.69) is 21.2 Å². The summed E-state index contributed by atoms with van der Waals surface area (Å²) in [7, 11) is 0. The highest BCUT2D eigenvalue weighted by atomic mass is 79.9. The first kappa shape index (κ1) is 12.8. The lowest BCUT2D eigenvalue weighted by atomic mass is 9.97. The van der Waals surface area contributed by atoms with Crippen molar-refractivity contribution in [3.8, 4) is 0 Å². The van der Waals surface area contributed by atoms with E-state index in [9.17, 15) is 9.59 Å². The summed E-state index contributed by atoms with van der Waals surface area (Å²) in [6.45, 7) is 2.48. The van der Waals surface area contributed by atoms with E-state index in [1.54, 1.807) is 18.2 Å². The number of fused-ring (bicyclic) bond motifs is 1. The fraction of sp³-hybridized carbons (Fsp3) is 0.429. The summed E-state index contributed by atoms with van der Waals surface area (Å²) < 4.78 is 0.705. The van der Waals surface area contributed by atoms with Crippen molar-refractivity contribution in [1.82, 2.24) is 10.2 Å². The predicted octanol–water partition coefficient (Wildman–Crippen LogP) is 2.04. The van der Waals surface area contributed by atoms with Crippen LogP contribution in [-0.2, 0) is 0 Å². The van der Waals surface area contributed by atoms with Crippen molar-refractivity contribution in [3.63, 3.8) is 0 Å². The van der Waals surface area contributed by atoms with Gasteiger partial charge in [0.25, 0.3) is 11.8 Å². The largest absolute Gasteiger partial charge is 0.317 e. The molecule has 0 bridgehead atoms. The molecule has 3 rings (SSSR count). The second kappa shape index (κ2) is 5.06. The lowest BCUT2D eigenvalue weighted by Crippen LogP contribution is -2.39. The predicted molar refractivity (Wildman–Crippen MR) is 75.1 cm³/mol. The van der Waals surface area contributed by atoms with Gasteiger partial charge < -0.3 is 5.32 Å². The Morgan fingerprint density at radius 3 is 2.63 bits per heavy atom. The van der Waals surface area contributed by atoms with Crippen LogP contribution in [0.25, 0.3) is 0 Å². The summed E-state index contributed by atoms with van der Waals surface area (Å²) in [4.78, 5) is 26.1. The van der Waals surface area contributed by atoms with Gasteiger partial charge in [0.1, 0.15) is 0 Å². The van der Waals surface area contributed by atoms with Gasteiger partial charge in [-0.15, -0.1) is 0 Å². The Labute approximate surface area is 120 Å². The first-order valence-electron chi connectivity index (χ1n) is 6.54. The lowest BCUT2D eigenvalue weighted by molar-refractivity contribution is 0.0619. The van der Waals surface area contributed by atoms with Crippen molar-refractivity contribution < 1.29 is 9.59 Å². The number of nitrogens with one attached hydrogen (secondary N) is 1. The average Bonchev–Trinajstić information content (AvgIpc) is 2.66. The Kier molecular flexibility index (Phi) is 3.41. The van der Waals surface area contributed by atoms with Crippen molar-refractivity contribution in [2.45, 2.75) is 12.8 Å². The number of imide groups is 1. The first-order chi connectivity index (χ1) is 9.18. The quantitative estimate of drug-likeness (QED) is 0.848. The van der Waals surface area contributed by atoms with Crippen LogP contribution in [0.1, 0.15) is 33.6 Å². The molecule has 1 aromatic rings. The summed E-state index contributed by atoms with van der Waals surface area (Å²) in [5.41, 5.74) is 1.04. The fourth-order valence-corrected chi connectivity index (χ4v) is 3.32. The summed E-state index contributed by atoms with van der Waals surface area (Å²) in [6.07, 6.45) is 2.04. The third-order valence-electron chi connectivity index (χ3n) is 3.85. The van der Waals surface area contributed by atoms with Gasteiger partial charge in [0.2, 0.25) is 0 Å². The molecule has 19 heavy (non-hydrogen) atoms. The molecule has 0 aliphatic carbocycles. The molecule has 1 fully saturated rings. The molecule has 1 saturated heterocycles. The van der Waals surface area contributed by atoms with E-state index < -0.39 is 0 Å². The fourth-order valence-electron chi connectivity index (χ4n) is 2.78. The van der Waals surface area contributed by atoms with Crippen molar-refractivity contribution >= 4 is 27.7 Å². The van der Waals surface area contributed by atoms with Crippen LogP contribution in [0, 0.1) is 5.92 Å². The molecular weight excluding hydrogens is 308 g/mol. The van der Waals surface area contributed by atoms with E-state index in [-0.39, 0.29) is 11.8 Å². The van der Waals surface area contributed by atoms with Gasteiger partial charge in [-0.25, -0.2) is 0 Å². The highest BCUT2D eigenvalue weighted by molar-refractivity contribution is 9.10. The van der Waals surface area contributed by atoms with E-state index in [4.69, 9.17) is 0 Å². The van der Waals surface area contributed by atoms with Crippen molar-refractivity contribution in [3.05, 3.63) is 33.8 Å². The summed E-state index contributed by atoms with van der Waals surface area (Å²) in [5.74, 6) is 0.105. The van der Waals surface area contributed by atoms with E-state index >= 15 is 0 Å². The van der Waals surface area contributed by atoms with Gasteiger partial charge in [0.05, 0.1) is 11.1 Å². The number of halogens is 1. The second-order valence-corrected chi connectivity index (χ2v) is 5.93. The minimum Gasteiger partial charge on any atom is -0.317 e. The van der Waals surface area contributed by atoms with Gasteiger partial charge >= 0.3 is 0 Å².